The lowest BCUT2D eigenvalue weighted by Gasteiger charge is -2.07. The Morgan fingerprint density at radius 3 is 2.75 bits per heavy atom. The quantitative estimate of drug-likeness (QED) is 0.604. The SMILES string of the molecule is Cc1cccc(COc2ccc(C#CCCl)c(F)c2)c1. The van der Waals surface area contributed by atoms with E-state index in [9.17, 15) is 4.39 Å². The first-order valence-electron chi connectivity index (χ1n) is 6.22. The third-order valence-electron chi connectivity index (χ3n) is 2.72. The number of benzene rings is 2. The van der Waals surface area contributed by atoms with Gasteiger partial charge in [0.05, 0.1) is 11.4 Å². The minimum atomic E-state index is -0.399. The highest BCUT2D eigenvalue weighted by Gasteiger charge is 2.02. The van der Waals surface area contributed by atoms with E-state index in [0.717, 1.165) is 5.56 Å². The van der Waals surface area contributed by atoms with Crippen molar-refractivity contribution in [1.82, 2.24) is 0 Å². The van der Waals surface area contributed by atoms with Gasteiger partial charge >= 0.3 is 0 Å². The lowest BCUT2D eigenvalue weighted by molar-refractivity contribution is 0.304. The highest BCUT2D eigenvalue weighted by molar-refractivity contribution is 6.19. The second-order valence-electron chi connectivity index (χ2n) is 4.35. The molecule has 0 unspecified atom stereocenters. The van der Waals surface area contributed by atoms with Crippen LogP contribution < -0.4 is 4.74 Å². The highest BCUT2D eigenvalue weighted by Crippen LogP contribution is 2.17. The molecule has 2 aromatic carbocycles. The van der Waals surface area contributed by atoms with Gasteiger partial charge in [-0.25, -0.2) is 4.39 Å². The minimum absolute atomic E-state index is 0.186. The fourth-order valence-electron chi connectivity index (χ4n) is 1.78. The van der Waals surface area contributed by atoms with Crippen molar-refractivity contribution in [2.24, 2.45) is 0 Å². The van der Waals surface area contributed by atoms with Crippen LogP contribution >= 0.6 is 11.6 Å². The number of hydrogen-bond donors (Lipinski definition) is 0. The molecule has 0 fully saturated rings. The van der Waals surface area contributed by atoms with Gasteiger partial charge in [0.25, 0.3) is 0 Å². The van der Waals surface area contributed by atoms with Crippen molar-refractivity contribution in [3.05, 3.63) is 65.0 Å². The van der Waals surface area contributed by atoms with E-state index in [1.165, 1.54) is 11.6 Å². The Morgan fingerprint density at radius 1 is 1.20 bits per heavy atom. The first-order chi connectivity index (χ1) is 9.69. The fourth-order valence-corrected chi connectivity index (χ4v) is 1.85. The van der Waals surface area contributed by atoms with E-state index in [-0.39, 0.29) is 5.88 Å². The van der Waals surface area contributed by atoms with Gasteiger partial charge in [-0.2, -0.15) is 0 Å². The lowest BCUT2D eigenvalue weighted by atomic mass is 10.1. The maximum Gasteiger partial charge on any atom is 0.142 e. The topological polar surface area (TPSA) is 9.23 Å². The summed E-state index contributed by atoms with van der Waals surface area (Å²) in [5.74, 6) is 5.56. The Balaban J connectivity index is 2.05. The van der Waals surface area contributed by atoms with Crippen LogP contribution in [0.3, 0.4) is 0 Å². The molecule has 0 N–H and O–H groups in total. The average molecular weight is 289 g/mol. The smallest absolute Gasteiger partial charge is 0.142 e. The van der Waals surface area contributed by atoms with Gasteiger partial charge in [-0.05, 0) is 24.6 Å². The summed E-state index contributed by atoms with van der Waals surface area (Å²) < 4.78 is 19.3. The summed E-state index contributed by atoms with van der Waals surface area (Å²) in [7, 11) is 0. The molecule has 1 nitrogen and oxygen atoms in total. The van der Waals surface area contributed by atoms with Gasteiger partial charge in [0, 0.05) is 6.07 Å². The molecule has 0 saturated carbocycles. The third-order valence-corrected chi connectivity index (χ3v) is 2.85. The molecular weight excluding hydrogens is 275 g/mol. The van der Waals surface area contributed by atoms with Gasteiger partial charge in [0.15, 0.2) is 0 Å². The van der Waals surface area contributed by atoms with Crippen LogP contribution in [-0.2, 0) is 6.61 Å². The molecule has 20 heavy (non-hydrogen) atoms. The molecule has 3 heteroatoms. The molecule has 0 amide bonds. The number of ether oxygens (including phenoxy) is 1. The van der Waals surface area contributed by atoms with Crippen molar-refractivity contribution in [2.45, 2.75) is 13.5 Å². The Hall–Kier alpha value is -1.98. The molecule has 102 valence electrons. The summed E-state index contributed by atoms with van der Waals surface area (Å²) in [5.41, 5.74) is 2.55. The lowest BCUT2D eigenvalue weighted by Crippen LogP contribution is -1.96. The zero-order valence-electron chi connectivity index (χ0n) is 11.1. The Kier molecular flexibility index (Phi) is 5.03. The molecule has 0 aromatic heterocycles. The van der Waals surface area contributed by atoms with Gasteiger partial charge in [-0.3, -0.25) is 0 Å². The molecule has 0 aliphatic carbocycles. The van der Waals surface area contributed by atoms with E-state index in [4.69, 9.17) is 16.3 Å². The standard InChI is InChI=1S/C17H14ClFO/c1-13-4-2-5-14(10-13)12-20-16-8-7-15(6-3-9-18)17(19)11-16/h2,4-5,7-8,10-11H,9,12H2,1H3. The number of hydrogen-bond acceptors (Lipinski definition) is 1. The van der Waals surface area contributed by atoms with Crippen LogP contribution in [-0.4, -0.2) is 5.88 Å². The summed E-state index contributed by atoms with van der Waals surface area (Å²) in [6.45, 7) is 2.43. The third kappa shape index (κ3) is 4.01. The molecule has 0 saturated heterocycles. The van der Waals surface area contributed by atoms with Crippen molar-refractivity contribution < 1.29 is 9.13 Å². The summed E-state index contributed by atoms with van der Waals surface area (Å²) in [6.07, 6.45) is 0. The van der Waals surface area contributed by atoms with Crippen LogP contribution in [0, 0.1) is 24.6 Å². The van der Waals surface area contributed by atoms with E-state index in [2.05, 4.69) is 11.8 Å². The Bertz CT molecular complexity index is 656. The number of rotatable bonds is 3. The first kappa shape index (κ1) is 14.4. The number of aryl methyl sites for hydroxylation is 1. The van der Waals surface area contributed by atoms with E-state index in [1.54, 1.807) is 12.1 Å². The van der Waals surface area contributed by atoms with Gasteiger partial charge in [-0.15, -0.1) is 11.6 Å². The number of halogens is 2. The second-order valence-corrected chi connectivity index (χ2v) is 4.62. The molecule has 0 aliphatic heterocycles. The molecule has 0 atom stereocenters. The fraction of sp³-hybridized carbons (Fsp3) is 0.176. The average Bonchev–Trinajstić information content (AvgIpc) is 2.44. The predicted octanol–water partition coefficient (Wildman–Crippen LogP) is 4.30. The van der Waals surface area contributed by atoms with Gasteiger partial charge in [-0.1, -0.05) is 41.7 Å². The molecule has 0 spiro atoms. The van der Waals surface area contributed by atoms with Crippen LogP contribution in [0.2, 0.25) is 0 Å². The van der Waals surface area contributed by atoms with Crippen molar-refractivity contribution in [1.29, 1.82) is 0 Å². The van der Waals surface area contributed by atoms with Crippen LogP contribution in [0.5, 0.6) is 5.75 Å². The molecule has 0 radical (unpaired) electrons. The zero-order valence-corrected chi connectivity index (χ0v) is 11.9. The first-order valence-corrected chi connectivity index (χ1v) is 6.75. The van der Waals surface area contributed by atoms with E-state index in [0.29, 0.717) is 17.9 Å². The Morgan fingerprint density at radius 2 is 2.05 bits per heavy atom. The Labute approximate surface area is 123 Å². The van der Waals surface area contributed by atoms with E-state index in [1.807, 2.05) is 31.2 Å². The monoisotopic (exact) mass is 288 g/mol. The maximum atomic E-state index is 13.7. The molecular formula is C17H14ClFO. The molecule has 2 aromatic rings. The van der Waals surface area contributed by atoms with Gasteiger partial charge in [0.1, 0.15) is 18.2 Å². The minimum Gasteiger partial charge on any atom is -0.489 e. The summed E-state index contributed by atoms with van der Waals surface area (Å²) in [4.78, 5) is 0. The van der Waals surface area contributed by atoms with Crippen LogP contribution in [0.25, 0.3) is 0 Å². The van der Waals surface area contributed by atoms with E-state index >= 15 is 0 Å². The number of alkyl halides is 1. The molecule has 0 heterocycles. The largest absolute Gasteiger partial charge is 0.489 e. The molecule has 0 aliphatic rings. The van der Waals surface area contributed by atoms with Gasteiger partial charge < -0.3 is 4.74 Å². The molecule has 2 rings (SSSR count). The summed E-state index contributed by atoms with van der Waals surface area (Å²) in [5, 5.41) is 0. The second kappa shape index (κ2) is 6.98. The van der Waals surface area contributed by atoms with Crippen molar-refractivity contribution >= 4 is 11.6 Å². The van der Waals surface area contributed by atoms with Crippen molar-refractivity contribution in [3.63, 3.8) is 0 Å². The van der Waals surface area contributed by atoms with Crippen LogP contribution in [0.1, 0.15) is 16.7 Å². The zero-order chi connectivity index (χ0) is 14.4. The van der Waals surface area contributed by atoms with E-state index < -0.39 is 5.82 Å². The summed E-state index contributed by atoms with van der Waals surface area (Å²) >= 11 is 5.44. The van der Waals surface area contributed by atoms with Crippen LogP contribution in [0.15, 0.2) is 42.5 Å². The predicted molar refractivity (Wildman–Crippen MR) is 79.5 cm³/mol. The van der Waals surface area contributed by atoms with Crippen molar-refractivity contribution in [3.8, 4) is 17.6 Å². The van der Waals surface area contributed by atoms with Crippen molar-refractivity contribution in [2.75, 3.05) is 5.88 Å². The summed E-state index contributed by atoms with van der Waals surface area (Å²) in [6, 6.07) is 12.7. The molecule has 0 bridgehead atoms. The normalized spacial score (nSPS) is 9.75. The van der Waals surface area contributed by atoms with Gasteiger partial charge in [0.2, 0.25) is 0 Å². The maximum absolute atomic E-state index is 13.7. The highest BCUT2D eigenvalue weighted by atomic mass is 35.5. The van der Waals surface area contributed by atoms with Crippen LogP contribution in [0.4, 0.5) is 4.39 Å².